The van der Waals surface area contributed by atoms with Crippen LogP contribution in [0.5, 0.6) is 5.75 Å². The van der Waals surface area contributed by atoms with Crippen molar-refractivity contribution in [3.8, 4) is 30.6 Å². The molecule has 0 saturated heterocycles. The number of nitrogens with one attached hydrogen (secondary N) is 1. The van der Waals surface area contributed by atoms with E-state index in [1.807, 2.05) is 11.2 Å². The van der Waals surface area contributed by atoms with E-state index in [2.05, 4.69) is 9.47 Å². The Bertz CT molecular complexity index is 765. The molecule has 0 atom stereocenters. The Labute approximate surface area is 128 Å². The van der Waals surface area contributed by atoms with Crippen molar-refractivity contribution in [2.75, 3.05) is 16.8 Å². The zero-order valence-electron chi connectivity index (χ0n) is 11.2. The van der Waals surface area contributed by atoms with Crippen LogP contribution >= 0.6 is 0 Å². The Morgan fingerprint density at radius 3 is 2.74 bits per heavy atom. The molecule has 9 heteroatoms. The highest BCUT2D eigenvalue weighted by Crippen LogP contribution is 2.41. The molecule has 0 saturated carbocycles. The van der Waals surface area contributed by atoms with Gasteiger partial charge >= 0.3 is 18.1 Å². The molecule has 2 amide bonds. The number of ether oxygens (including phenoxy) is 2. The lowest BCUT2D eigenvalue weighted by Gasteiger charge is -2.32. The highest BCUT2D eigenvalue weighted by atomic mass is 19.3. The van der Waals surface area contributed by atoms with Crippen LogP contribution < -0.4 is 15.0 Å². The van der Waals surface area contributed by atoms with Crippen LogP contribution in [-0.4, -0.2) is 24.7 Å². The molecule has 0 radical (unpaired) electrons. The first-order valence-electron chi connectivity index (χ1n) is 5.89. The van der Waals surface area contributed by atoms with Gasteiger partial charge < -0.3 is 9.47 Å². The molecule has 0 fully saturated rings. The predicted octanol–water partition coefficient (Wildman–Crippen LogP) is 1.92. The highest BCUT2D eigenvalue weighted by Gasteiger charge is 2.50. The van der Waals surface area contributed by atoms with Crippen molar-refractivity contribution in [2.45, 2.75) is 6.11 Å². The number of terminal acetylenes is 2. The van der Waals surface area contributed by atoms with Gasteiger partial charge in [0.25, 0.3) is 0 Å². The maximum atomic E-state index is 13.8. The molecule has 1 heterocycles. The largest absolute Gasteiger partial charge is 0.483 e. The zero-order chi connectivity index (χ0) is 17.2. The summed E-state index contributed by atoms with van der Waals surface area (Å²) in [7, 11) is 0. The van der Waals surface area contributed by atoms with Gasteiger partial charge in [-0.05, 0) is 6.07 Å². The van der Waals surface area contributed by atoms with Crippen molar-refractivity contribution in [1.29, 1.82) is 0 Å². The van der Waals surface area contributed by atoms with E-state index in [-0.39, 0.29) is 5.69 Å². The van der Waals surface area contributed by atoms with Crippen LogP contribution in [-0.2, 0) is 9.53 Å². The third-order valence-corrected chi connectivity index (χ3v) is 2.71. The molecule has 1 N–H and O–H groups in total. The summed E-state index contributed by atoms with van der Waals surface area (Å²) >= 11 is 0. The number of carbonyl (C=O) groups is 2. The van der Waals surface area contributed by atoms with Crippen LogP contribution in [0.15, 0.2) is 12.1 Å². The van der Waals surface area contributed by atoms with E-state index in [0.29, 0.717) is 11.0 Å². The van der Waals surface area contributed by atoms with E-state index in [9.17, 15) is 22.8 Å². The van der Waals surface area contributed by atoms with Gasteiger partial charge in [0, 0.05) is 6.07 Å². The quantitative estimate of drug-likeness (QED) is 0.844. The van der Waals surface area contributed by atoms with Gasteiger partial charge in [0.15, 0.2) is 11.6 Å². The van der Waals surface area contributed by atoms with E-state index >= 15 is 0 Å². The van der Waals surface area contributed by atoms with Gasteiger partial charge in [0.2, 0.25) is 0 Å². The molecule has 118 valence electrons. The number of alkyl halides is 2. The minimum atomic E-state index is -4.19. The first-order chi connectivity index (χ1) is 10.8. The molecular weight excluding hydrogens is 317 g/mol. The minimum Gasteiger partial charge on any atom is -0.423 e. The molecule has 0 bridgehead atoms. The topological polar surface area (TPSA) is 67.9 Å². The van der Waals surface area contributed by atoms with Gasteiger partial charge in [-0.25, -0.2) is 9.18 Å². The van der Waals surface area contributed by atoms with E-state index in [1.165, 1.54) is 0 Å². The lowest BCUT2D eigenvalue weighted by atomic mass is 10.2. The molecule has 0 spiro atoms. The number of carbonyl (C=O) groups excluding carboxylic acids is 2. The summed E-state index contributed by atoms with van der Waals surface area (Å²) in [5.74, 6) is -1.41. The third kappa shape index (κ3) is 2.99. The number of halogens is 3. The number of fused-ring (bicyclic) bond motifs is 1. The van der Waals surface area contributed by atoms with Gasteiger partial charge in [-0.3, -0.25) is 15.0 Å². The third-order valence-electron chi connectivity index (χ3n) is 2.71. The first-order valence-corrected chi connectivity index (χ1v) is 5.89. The van der Waals surface area contributed by atoms with E-state index < -0.39 is 41.9 Å². The number of hydrogen-bond donors (Lipinski definition) is 1. The SMILES string of the molecule is C#CCN1C(=O)C(F)(F)Oc2cc(F)c(NC(=O)OC#C)cc21. The molecule has 23 heavy (non-hydrogen) atoms. The number of nitrogens with zero attached hydrogens (tertiary/aromatic N) is 1. The van der Waals surface area contributed by atoms with Gasteiger partial charge in [-0.15, -0.1) is 6.42 Å². The molecule has 0 aromatic heterocycles. The summed E-state index contributed by atoms with van der Waals surface area (Å²) in [6.45, 7) is -0.509. The van der Waals surface area contributed by atoms with Crippen molar-refractivity contribution < 1.29 is 32.2 Å². The second-order valence-electron chi connectivity index (χ2n) is 4.15. The number of amides is 2. The second-order valence-corrected chi connectivity index (χ2v) is 4.15. The normalized spacial score (nSPS) is 14.8. The summed E-state index contributed by atoms with van der Waals surface area (Å²) in [5, 5.41) is 1.95. The smallest absolute Gasteiger partial charge is 0.423 e. The number of anilines is 2. The average Bonchev–Trinajstić information content (AvgIpc) is 2.46. The fourth-order valence-electron chi connectivity index (χ4n) is 1.82. The van der Waals surface area contributed by atoms with Gasteiger partial charge in [-0.1, -0.05) is 12.3 Å². The van der Waals surface area contributed by atoms with Crippen LogP contribution in [0.2, 0.25) is 0 Å². The summed E-state index contributed by atoms with van der Waals surface area (Å²) in [4.78, 5) is 23.4. The number of benzene rings is 1. The molecular formula is C14H7F3N2O4. The Morgan fingerprint density at radius 2 is 2.13 bits per heavy atom. The van der Waals surface area contributed by atoms with Crippen LogP contribution in [0, 0.1) is 30.7 Å². The van der Waals surface area contributed by atoms with Gasteiger partial charge in [0.05, 0.1) is 17.9 Å². The lowest BCUT2D eigenvalue weighted by molar-refractivity contribution is -0.192. The van der Waals surface area contributed by atoms with E-state index in [1.54, 1.807) is 6.11 Å². The lowest BCUT2D eigenvalue weighted by Crippen LogP contribution is -2.51. The molecule has 1 aromatic rings. The highest BCUT2D eigenvalue weighted by molar-refractivity contribution is 6.02. The Kier molecular flexibility index (Phi) is 4.06. The van der Waals surface area contributed by atoms with Crippen molar-refractivity contribution in [3.63, 3.8) is 0 Å². The van der Waals surface area contributed by atoms with Crippen molar-refractivity contribution in [1.82, 2.24) is 0 Å². The maximum Gasteiger partial charge on any atom is 0.483 e. The summed E-state index contributed by atoms with van der Waals surface area (Å²) in [6, 6.07) is 1.47. The Morgan fingerprint density at radius 1 is 1.43 bits per heavy atom. The van der Waals surface area contributed by atoms with Crippen LogP contribution in [0.25, 0.3) is 0 Å². The van der Waals surface area contributed by atoms with E-state index in [0.717, 1.165) is 6.07 Å². The van der Waals surface area contributed by atoms with Crippen LogP contribution in [0.3, 0.4) is 0 Å². The average molecular weight is 324 g/mol. The molecule has 2 rings (SSSR count). The number of hydrogen-bond acceptors (Lipinski definition) is 4. The number of rotatable bonds is 2. The van der Waals surface area contributed by atoms with Gasteiger partial charge in [0.1, 0.15) is 6.11 Å². The van der Waals surface area contributed by atoms with E-state index in [4.69, 9.17) is 12.8 Å². The fourth-order valence-corrected chi connectivity index (χ4v) is 1.82. The Hall–Kier alpha value is -3.33. The van der Waals surface area contributed by atoms with Gasteiger partial charge in [-0.2, -0.15) is 8.78 Å². The molecule has 6 nitrogen and oxygen atoms in total. The monoisotopic (exact) mass is 324 g/mol. The van der Waals surface area contributed by atoms with Crippen LogP contribution in [0.4, 0.5) is 29.3 Å². The standard InChI is InChI=1S/C14H7F3N2O4/c1-3-5-19-10-7-9(18-13(21)22-4-2)8(15)6-11(10)23-14(16,17)12(19)20/h1-2,6-7H,5H2,(H,18,21). The molecule has 1 aliphatic heterocycles. The maximum absolute atomic E-state index is 13.8. The second kappa shape index (κ2) is 5.81. The molecule has 1 aromatic carbocycles. The van der Waals surface area contributed by atoms with Crippen molar-refractivity contribution >= 4 is 23.4 Å². The fraction of sp³-hybridized carbons (Fsp3) is 0.143. The molecule has 1 aliphatic rings. The summed E-state index contributed by atoms with van der Waals surface area (Å²) in [5.41, 5.74) is -0.705. The summed E-state index contributed by atoms with van der Waals surface area (Å²) < 4.78 is 49.1. The van der Waals surface area contributed by atoms with Crippen molar-refractivity contribution in [3.05, 3.63) is 17.9 Å². The molecule has 0 aliphatic carbocycles. The van der Waals surface area contributed by atoms with Crippen molar-refractivity contribution in [2.24, 2.45) is 0 Å². The minimum absolute atomic E-state index is 0.240. The van der Waals surface area contributed by atoms with Crippen LogP contribution in [0.1, 0.15) is 0 Å². The summed E-state index contributed by atoms with van der Waals surface area (Å²) in [6.07, 6.45) is 5.98. The molecule has 0 unspecified atom stereocenters. The Balaban J connectivity index is 2.48. The zero-order valence-corrected chi connectivity index (χ0v) is 11.2. The predicted molar refractivity (Wildman–Crippen MR) is 72.1 cm³/mol. The first kappa shape index (κ1) is 16.0.